The van der Waals surface area contributed by atoms with Crippen LogP contribution in [0.4, 0.5) is 5.69 Å². The maximum atomic E-state index is 12.4. The molecule has 1 N–H and O–H groups in total. The molecule has 0 aliphatic carbocycles. The van der Waals surface area contributed by atoms with Gasteiger partial charge in [-0.2, -0.15) is 0 Å². The molecule has 2 aromatic carbocycles. The SMILES string of the molecule is O=C([O-])c1cccc(NS(=O)(=O)c2ccc3c(c2)OCCO3)c1. The lowest BCUT2D eigenvalue weighted by Crippen LogP contribution is -2.22. The molecule has 1 heterocycles. The van der Waals surface area contributed by atoms with Crippen LogP contribution >= 0.6 is 0 Å². The Morgan fingerprint density at radius 2 is 1.78 bits per heavy atom. The van der Waals surface area contributed by atoms with Gasteiger partial charge in [0.1, 0.15) is 13.2 Å². The standard InChI is InChI=1S/C15H13NO6S/c17-15(18)10-2-1-3-11(8-10)16-23(19,20)12-4-5-13-14(9-12)22-7-6-21-13/h1-5,8-9,16H,6-7H2,(H,17,18)/p-1. The summed E-state index contributed by atoms with van der Waals surface area (Å²) in [6.07, 6.45) is 0. The number of carbonyl (C=O) groups excluding carboxylic acids is 1. The maximum Gasteiger partial charge on any atom is 0.262 e. The zero-order valence-corrected chi connectivity index (χ0v) is 12.6. The number of hydrogen-bond donors (Lipinski definition) is 1. The third-order valence-electron chi connectivity index (χ3n) is 3.17. The molecule has 3 rings (SSSR count). The molecular weight excluding hydrogens is 322 g/mol. The number of fused-ring (bicyclic) bond motifs is 1. The average Bonchev–Trinajstić information content (AvgIpc) is 2.54. The van der Waals surface area contributed by atoms with Crippen LogP contribution in [0.15, 0.2) is 47.4 Å². The maximum absolute atomic E-state index is 12.4. The summed E-state index contributed by atoms with van der Waals surface area (Å²) in [4.78, 5) is 10.8. The summed E-state index contributed by atoms with van der Waals surface area (Å²) in [5.74, 6) is -0.554. The van der Waals surface area contributed by atoms with E-state index in [1.807, 2.05) is 0 Å². The number of anilines is 1. The molecule has 0 spiro atoms. The number of sulfonamides is 1. The second-order valence-corrected chi connectivity index (χ2v) is 6.46. The van der Waals surface area contributed by atoms with Crippen molar-refractivity contribution in [2.75, 3.05) is 17.9 Å². The predicted molar refractivity (Wildman–Crippen MR) is 79.0 cm³/mol. The zero-order valence-electron chi connectivity index (χ0n) is 11.8. The second kappa shape index (κ2) is 5.81. The predicted octanol–water partition coefficient (Wildman–Crippen LogP) is 0.622. The molecule has 1 aliphatic rings. The van der Waals surface area contributed by atoms with Gasteiger partial charge in [0.25, 0.3) is 10.0 Å². The van der Waals surface area contributed by atoms with Gasteiger partial charge in [0.15, 0.2) is 11.5 Å². The highest BCUT2D eigenvalue weighted by Crippen LogP contribution is 2.32. The number of hydrogen-bond acceptors (Lipinski definition) is 6. The fourth-order valence-corrected chi connectivity index (χ4v) is 3.18. The summed E-state index contributed by atoms with van der Waals surface area (Å²) in [6, 6.07) is 9.63. The molecule has 0 saturated carbocycles. The molecule has 7 nitrogen and oxygen atoms in total. The molecule has 2 aromatic rings. The van der Waals surface area contributed by atoms with Gasteiger partial charge in [0, 0.05) is 11.8 Å². The molecule has 120 valence electrons. The molecule has 0 fully saturated rings. The zero-order chi connectivity index (χ0) is 16.4. The summed E-state index contributed by atoms with van der Waals surface area (Å²) in [7, 11) is -3.89. The van der Waals surface area contributed by atoms with E-state index in [4.69, 9.17) is 9.47 Å². The molecule has 0 radical (unpaired) electrons. The van der Waals surface area contributed by atoms with E-state index in [-0.39, 0.29) is 16.1 Å². The van der Waals surface area contributed by atoms with Crippen LogP contribution in [-0.2, 0) is 10.0 Å². The van der Waals surface area contributed by atoms with E-state index in [1.165, 1.54) is 42.5 Å². The van der Waals surface area contributed by atoms with Crippen molar-refractivity contribution in [3.05, 3.63) is 48.0 Å². The number of aromatic carboxylic acids is 1. The van der Waals surface area contributed by atoms with Gasteiger partial charge in [0.05, 0.1) is 10.9 Å². The van der Waals surface area contributed by atoms with Crippen LogP contribution in [0.25, 0.3) is 0 Å². The Kier molecular flexibility index (Phi) is 3.83. The van der Waals surface area contributed by atoms with E-state index in [2.05, 4.69) is 4.72 Å². The van der Waals surface area contributed by atoms with E-state index in [1.54, 1.807) is 0 Å². The van der Waals surface area contributed by atoms with E-state index in [9.17, 15) is 18.3 Å². The van der Waals surface area contributed by atoms with Gasteiger partial charge in [-0.3, -0.25) is 4.72 Å². The van der Waals surface area contributed by atoms with Crippen molar-refractivity contribution in [1.82, 2.24) is 0 Å². The third-order valence-corrected chi connectivity index (χ3v) is 4.55. The highest BCUT2D eigenvalue weighted by atomic mass is 32.2. The first-order chi connectivity index (χ1) is 11.0. The fourth-order valence-electron chi connectivity index (χ4n) is 2.11. The van der Waals surface area contributed by atoms with Crippen LogP contribution in [0.2, 0.25) is 0 Å². The third kappa shape index (κ3) is 3.21. The minimum atomic E-state index is -3.89. The molecule has 0 aromatic heterocycles. The Morgan fingerprint density at radius 3 is 2.52 bits per heavy atom. The van der Waals surface area contributed by atoms with Gasteiger partial charge in [-0.05, 0) is 29.8 Å². The van der Waals surface area contributed by atoms with Gasteiger partial charge in [-0.1, -0.05) is 12.1 Å². The van der Waals surface area contributed by atoms with Crippen LogP contribution in [0, 0.1) is 0 Å². The smallest absolute Gasteiger partial charge is 0.262 e. The van der Waals surface area contributed by atoms with E-state index >= 15 is 0 Å². The lowest BCUT2D eigenvalue weighted by molar-refractivity contribution is -0.255. The molecule has 8 heteroatoms. The number of carboxylic acid groups (broad SMARTS) is 1. The summed E-state index contributed by atoms with van der Waals surface area (Å²) >= 11 is 0. The molecule has 23 heavy (non-hydrogen) atoms. The highest BCUT2D eigenvalue weighted by Gasteiger charge is 2.19. The summed E-state index contributed by atoms with van der Waals surface area (Å²) in [6.45, 7) is 0.755. The van der Waals surface area contributed by atoms with Crippen LogP contribution in [0.3, 0.4) is 0 Å². The van der Waals surface area contributed by atoms with Gasteiger partial charge >= 0.3 is 0 Å². The number of nitrogens with one attached hydrogen (secondary N) is 1. The van der Waals surface area contributed by atoms with E-state index < -0.39 is 16.0 Å². The van der Waals surface area contributed by atoms with Crippen molar-refractivity contribution in [3.63, 3.8) is 0 Å². The first kappa shape index (κ1) is 15.2. The Labute approximate surface area is 132 Å². The topological polar surface area (TPSA) is 105 Å². The van der Waals surface area contributed by atoms with E-state index in [0.717, 1.165) is 0 Å². The monoisotopic (exact) mass is 334 g/mol. The minimum Gasteiger partial charge on any atom is -0.545 e. The highest BCUT2D eigenvalue weighted by molar-refractivity contribution is 7.92. The quantitative estimate of drug-likeness (QED) is 0.879. The van der Waals surface area contributed by atoms with Crippen molar-refractivity contribution in [2.45, 2.75) is 4.90 Å². The number of carbonyl (C=O) groups is 1. The Morgan fingerprint density at radius 1 is 1.04 bits per heavy atom. The van der Waals surface area contributed by atoms with Crippen molar-refractivity contribution in [1.29, 1.82) is 0 Å². The van der Waals surface area contributed by atoms with Crippen LogP contribution in [0.5, 0.6) is 11.5 Å². The van der Waals surface area contributed by atoms with Gasteiger partial charge in [-0.15, -0.1) is 0 Å². The number of benzene rings is 2. The molecule has 0 amide bonds. The van der Waals surface area contributed by atoms with Gasteiger partial charge < -0.3 is 19.4 Å². The fraction of sp³-hybridized carbons (Fsp3) is 0.133. The van der Waals surface area contributed by atoms with Crippen LogP contribution in [0.1, 0.15) is 10.4 Å². The van der Waals surface area contributed by atoms with Gasteiger partial charge in [-0.25, -0.2) is 8.42 Å². The molecule has 0 atom stereocenters. The average molecular weight is 334 g/mol. The number of ether oxygens (including phenoxy) is 2. The molecular formula is C15H12NO6S-. The number of rotatable bonds is 4. The lowest BCUT2D eigenvalue weighted by Gasteiger charge is -2.19. The Bertz CT molecular complexity index is 862. The first-order valence-electron chi connectivity index (χ1n) is 6.69. The minimum absolute atomic E-state index is 0.0133. The van der Waals surface area contributed by atoms with E-state index in [0.29, 0.717) is 24.7 Å². The van der Waals surface area contributed by atoms with Gasteiger partial charge in [0.2, 0.25) is 0 Å². The summed E-state index contributed by atoms with van der Waals surface area (Å²) < 4.78 is 37.8. The van der Waals surface area contributed by atoms with Crippen LogP contribution in [-0.4, -0.2) is 27.6 Å². The molecule has 0 saturated heterocycles. The largest absolute Gasteiger partial charge is 0.545 e. The van der Waals surface area contributed by atoms with Crippen LogP contribution < -0.4 is 19.3 Å². The number of carboxylic acids is 1. The molecule has 0 bridgehead atoms. The molecule has 0 unspecified atom stereocenters. The Hall–Kier alpha value is -2.74. The second-order valence-electron chi connectivity index (χ2n) is 4.78. The van der Waals surface area contributed by atoms with Crippen molar-refractivity contribution >= 4 is 21.7 Å². The Balaban J connectivity index is 1.90. The normalized spacial score (nSPS) is 13.4. The first-order valence-corrected chi connectivity index (χ1v) is 8.18. The van der Waals surface area contributed by atoms with Crippen molar-refractivity contribution in [2.24, 2.45) is 0 Å². The molecule has 1 aliphatic heterocycles. The van der Waals surface area contributed by atoms with Crippen molar-refractivity contribution in [3.8, 4) is 11.5 Å². The van der Waals surface area contributed by atoms with Crippen molar-refractivity contribution < 1.29 is 27.8 Å². The lowest BCUT2D eigenvalue weighted by atomic mass is 10.2. The summed E-state index contributed by atoms with van der Waals surface area (Å²) in [5.41, 5.74) is 0.00830. The summed E-state index contributed by atoms with van der Waals surface area (Å²) in [5, 5.41) is 10.8.